The van der Waals surface area contributed by atoms with Crippen LogP contribution in [0.2, 0.25) is 10.0 Å². The van der Waals surface area contributed by atoms with Crippen molar-refractivity contribution in [3.8, 4) is 0 Å². The molecular weight excluding hydrogens is 504 g/mol. The number of hydrogen-bond acceptors (Lipinski definition) is 5. The summed E-state index contributed by atoms with van der Waals surface area (Å²) >= 11 is 11.8. The predicted molar refractivity (Wildman–Crippen MR) is 116 cm³/mol. The topological polar surface area (TPSA) is 84.8 Å². The maximum atomic E-state index is 14.2. The number of oxime groups is 1. The lowest BCUT2D eigenvalue weighted by Gasteiger charge is -2.29. The van der Waals surface area contributed by atoms with Crippen LogP contribution in [0.1, 0.15) is 29.5 Å². The van der Waals surface area contributed by atoms with Gasteiger partial charge in [0.1, 0.15) is 5.25 Å². The number of alkyl halides is 3. The summed E-state index contributed by atoms with van der Waals surface area (Å²) in [4.78, 5) is 16.8. The number of carbonyl (C=O) groups excluding carboxylic acids is 1. The van der Waals surface area contributed by atoms with Gasteiger partial charge in [-0.1, -0.05) is 34.4 Å². The second kappa shape index (κ2) is 8.18. The van der Waals surface area contributed by atoms with Gasteiger partial charge < -0.3 is 10.2 Å². The molecule has 6 nitrogen and oxygen atoms in total. The molecule has 0 aliphatic carbocycles. The molecule has 2 unspecified atom stereocenters. The number of sulfone groups is 1. The molecule has 12 heteroatoms. The maximum absolute atomic E-state index is 14.2. The van der Waals surface area contributed by atoms with Gasteiger partial charge in [-0.3, -0.25) is 4.79 Å². The Hall–Kier alpha value is -2.30. The molecule has 2 aromatic rings. The summed E-state index contributed by atoms with van der Waals surface area (Å²) in [7, 11) is -3.95. The lowest BCUT2D eigenvalue weighted by Crippen LogP contribution is -2.42. The highest BCUT2D eigenvalue weighted by Crippen LogP contribution is 2.49. The molecule has 2 atom stereocenters. The van der Waals surface area contributed by atoms with Crippen LogP contribution in [0.5, 0.6) is 0 Å². The van der Waals surface area contributed by atoms with Crippen molar-refractivity contribution in [1.82, 2.24) is 5.32 Å². The molecule has 0 bridgehead atoms. The van der Waals surface area contributed by atoms with Crippen LogP contribution in [0.25, 0.3) is 0 Å². The van der Waals surface area contributed by atoms with Crippen LogP contribution in [0.15, 0.2) is 46.4 Å². The lowest BCUT2D eigenvalue weighted by atomic mass is 9.86. The molecular formula is C21H17Cl2F3N2O4S. The fourth-order valence-electron chi connectivity index (χ4n) is 4.01. The molecule has 1 amide bonds. The Balaban J connectivity index is 1.68. The largest absolute Gasteiger partial charge is 0.435 e. The third-order valence-electron chi connectivity index (χ3n) is 5.70. The highest BCUT2D eigenvalue weighted by Gasteiger charge is 2.62. The Bertz CT molecular complexity index is 1260. The second-order valence-electron chi connectivity index (χ2n) is 7.88. The van der Waals surface area contributed by atoms with Crippen molar-refractivity contribution in [3.05, 3.63) is 63.1 Å². The molecule has 2 aromatic carbocycles. The Morgan fingerprint density at radius 2 is 1.82 bits per heavy atom. The molecule has 2 heterocycles. The Kier molecular flexibility index (Phi) is 5.91. The van der Waals surface area contributed by atoms with Crippen molar-refractivity contribution >= 4 is 44.7 Å². The minimum Gasteiger partial charge on any atom is -0.374 e. The second-order valence-corrected chi connectivity index (χ2v) is 10.9. The number of carbonyl (C=O) groups is 1. The zero-order valence-corrected chi connectivity index (χ0v) is 19.4. The van der Waals surface area contributed by atoms with Crippen LogP contribution in [0.4, 0.5) is 13.2 Å². The van der Waals surface area contributed by atoms with E-state index in [-0.39, 0.29) is 50.3 Å². The van der Waals surface area contributed by atoms with Crippen molar-refractivity contribution in [3.63, 3.8) is 0 Å². The smallest absolute Gasteiger partial charge is 0.374 e. The molecule has 1 saturated heterocycles. The highest BCUT2D eigenvalue weighted by atomic mass is 35.5. The standard InChI is InChI=1S/C21H17Cl2F3N2O4S/c1-11-6-12(2-3-17(11)33(30,31)18-4-5-27-19(18)29)16-10-20(32-28-16,21(24,25)26)13-7-14(22)9-15(23)8-13/h2-3,6-9,18H,4-5,10H2,1H3,(H,27,29). The van der Waals surface area contributed by atoms with Gasteiger partial charge in [-0.25, -0.2) is 8.42 Å². The van der Waals surface area contributed by atoms with Gasteiger partial charge in [0.15, 0.2) is 9.84 Å². The molecule has 33 heavy (non-hydrogen) atoms. The van der Waals surface area contributed by atoms with Gasteiger partial charge in [0.05, 0.1) is 10.6 Å². The number of aryl methyl sites for hydroxylation is 1. The van der Waals surface area contributed by atoms with E-state index in [1.807, 2.05) is 0 Å². The third-order valence-corrected chi connectivity index (χ3v) is 8.41. The van der Waals surface area contributed by atoms with Crippen molar-refractivity contribution < 1.29 is 31.2 Å². The molecule has 0 saturated carbocycles. The van der Waals surface area contributed by atoms with E-state index in [1.165, 1.54) is 31.2 Å². The van der Waals surface area contributed by atoms with Crippen LogP contribution in [-0.2, 0) is 25.1 Å². The average Bonchev–Trinajstić information content (AvgIpc) is 3.34. The highest BCUT2D eigenvalue weighted by molar-refractivity contribution is 7.92. The first-order chi connectivity index (χ1) is 15.3. The van der Waals surface area contributed by atoms with E-state index >= 15 is 0 Å². The average molecular weight is 521 g/mol. The number of nitrogens with zero attached hydrogens (tertiary/aromatic N) is 1. The molecule has 2 aliphatic heterocycles. The van der Waals surface area contributed by atoms with Gasteiger partial charge in [0, 0.05) is 28.6 Å². The van der Waals surface area contributed by atoms with Crippen LogP contribution in [0, 0.1) is 6.92 Å². The van der Waals surface area contributed by atoms with Crippen LogP contribution in [-0.4, -0.2) is 38.0 Å². The molecule has 0 radical (unpaired) electrons. The zero-order valence-electron chi connectivity index (χ0n) is 17.0. The summed E-state index contributed by atoms with van der Waals surface area (Å²) in [6.45, 7) is 1.77. The first-order valence-electron chi connectivity index (χ1n) is 9.76. The maximum Gasteiger partial charge on any atom is 0.435 e. The number of nitrogens with one attached hydrogen (secondary N) is 1. The van der Waals surface area contributed by atoms with Crippen LogP contribution in [0.3, 0.4) is 0 Å². The fourth-order valence-corrected chi connectivity index (χ4v) is 6.41. The number of amides is 1. The summed E-state index contributed by atoms with van der Waals surface area (Å²) in [5.41, 5.74) is -2.56. The van der Waals surface area contributed by atoms with Gasteiger partial charge in [0.2, 0.25) is 5.91 Å². The minimum absolute atomic E-state index is 0.0135. The molecule has 176 valence electrons. The van der Waals surface area contributed by atoms with Gasteiger partial charge in [-0.05, 0) is 54.8 Å². The Morgan fingerprint density at radius 1 is 1.15 bits per heavy atom. The molecule has 1 fully saturated rings. The summed E-state index contributed by atoms with van der Waals surface area (Å²) in [5.74, 6) is -0.567. The number of hydrogen-bond donors (Lipinski definition) is 1. The van der Waals surface area contributed by atoms with E-state index in [4.69, 9.17) is 28.0 Å². The first kappa shape index (κ1) is 23.8. The van der Waals surface area contributed by atoms with Crippen molar-refractivity contribution in [2.45, 2.75) is 41.7 Å². The van der Waals surface area contributed by atoms with Crippen molar-refractivity contribution in [1.29, 1.82) is 0 Å². The lowest BCUT2D eigenvalue weighted by molar-refractivity contribution is -0.275. The van der Waals surface area contributed by atoms with Gasteiger partial charge >= 0.3 is 6.18 Å². The van der Waals surface area contributed by atoms with E-state index < -0.39 is 39.2 Å². The van der Waals surface area contributed by atoms with Crippen LogP contribution >= 0.6 is 23.2 Å². The van der Waals surface area contributed by atoms with Crippen molar-refractivity contribution in [2.24, 2.45) is 5.16 Å². The SMILES string of the molecule is Cc1cc(C2=NOC(c3cc(Cl)cc(Cl)c3)(C(F)(F)F)C2)ccc1S(=O)(=O)C1CCNC1=O. The molecule has 0 aromatic heterocycles. The third kappa shape index (κ3) is 4.08. The van der Waals surface area contributed by atoms with Crippen molar-refractivity contribution in [2.75, 3.05) is 6.54 Å². The predicted octanol–water partition coefficient (Wildman–Crippen LogP) is 4.55. The summed E-state index contributed by atoms with van der Waals surface area (Å²) in [6, 6.07) is 7.59. The van der Waals surface area contributed by atoms with Gasteiger partial charge in [-0.15, -0.1) is 0 Å². The first-order valence-corrected chi connectivity index (χ1v) is 12.1. The normalized spacial score (nSPS) is 23.3. The number of rotatable bonds is 4. The Morgan fingerprint density at radius 3 is 2.36 bits per heavy atom. The van der Waals surface area contributed by atoms with Gasteiger partial charge in [-0.2, -0.15) is 13.2 Å². The van der Waals surface area contributed by atoms with E-state index in [2.05, 4.69) is 10.5 Å². The van der Waals surface area contributed by atoms with Gasteiger partial charge in [0.25, 0.3) is 5.60 Å². The minimum atomic E-state index is -4.85. The molecule has 0 spiro atoms. The zero-order chi connectivity index (χ0) is 24.2. The molecule has 1 N–H and O–H groups in total. The summed E-state index contributed by atoms with van der Waals surface area (Å²) in [6.07, 6.45) is -5.36. The quantitative estimate of drug-likeness (QED) is 0.640. The fraction of sp³-hybridized carbons (Fsp3) is 0.333. The molecule has 2 aliphatic rings. The van der Waals surface area contributed by atoms with E-state index in [9.17, 15) is 26.4 Å². The van der Waals surface area contributed by atoms with E-state index in [0.717, 1.165) is 12.1 Å². The Labute approximate surface area is 197 Å². The summed E-state index contributed by atoms with van der Waals surface area (Å²) < 4.78 is 68.3. The monoisotopic (exact) mass is 520 g/mol. The summed E-state index contributed by atoms with van der Waals surface area (Å²) in [5, 5.41) is 5.00. The number of halogens is 5. The van der Waals surface area contributed by atoms with E-state index in [1.54, 1.807) is 0 Å². The number of benzene rings is 2. The van der Waals surface area contributed by atoms with Crippen LogP contribution < -0.4 is 5.32 Å². The van der Waals surface area contributed by atoms with E-state index in [0.29, 0.717) is 0 Å². The molecule has 4 rings (SSSR count).